The molecule has 0 heterocycles. The fourth-order valence-corrected chi connectivity index (χ4v) is 2.06. The van der Waals surface area contributed by atoms with E-state index in [2.05, 4.69) is 21.2 Å². The van der Waals surface area contributed by atoms with Gasteiger partial charge in [0.05, 0.1) is 22.6 Å². The number of benzene rings is 1. The normalized spacial score (nSPS) is 13.7. The SMILES string of the molecule is CO[C@@H](C)[C@H](C)NC(=O)c1cc([N+](=O)[O-])cc(Br)c1C. The third kappa shape index (κ3) is 3.77. The molecule has 1 amide bonds. The van der Waals surface area contributed by atoms with Gasteiger partial charge in [0.1, 0.15) is 0 Å². The Morgan fingerprint density at radius 2 is 2.05 bits per heavy atom. The van der Waals surface area contributed by atoms with Crippen LogP contribution in [0, 0.1) is 17.0 Å². The van der Waals surface area contributed by atoms with Crippen molar-refractivity contribution in [3.05, 3.63) is 37.8 Å². The van der Waals surface area contributed by atoms with Crippen molar-refractivity contribution < 1.29 is 14.5 Å². The van der Waals surface area contributed by atoms with Crippen molar-refractivity contribution in [2.24, 2.45) is 0 Å². The molecule has 1 rings (SSSR count). The molecule has 0 aliphatic rings. The van der Waals surface area contributed by atoms with Gasteiger partial charge >= 0.3 is 0 Å². The van der Waals surface area contributed by atoms with Gasteiger partial charge in [0, 0.05) is 23.7 Å². The fraction of sp³-hybridized carbons (Fsp3) is 0.462. The molecular weight excluding hydrogens is 328 g/mol. The molecule has 6 nitrogen and oxygen atoms in total. The Labute approximate surface area is 125 Å². The first-order chi connectivity index (χ1) is 9.27. The molecule has 0 bridgehead atoms. The monoisotopic (exact) mass is 344 g/mol. The summed E-state index contributed by atoms with van der Waals surface area (Å²) in [4.78, 5) is 22.5. The van der Waals surface area contributed by atoms with Crippen molar-refractivity contribution in [2.75, 3.05) is 7.11 Å². The van der Waals surface area contributed by atoms with Gasteiger partial charge in [-0.3, -0.25) is 14.9 Å². The Morgan fingerprint density at radius 3 is 2.55 bits per heavy atom. The highest BCUT2D eigenvalue weighted by Crippen LogP contribution is 2.26. The van der Waals surface area contributed by atoms with Crippen molar-refractivity contribution >= 4 is 27.5 Å². The second-order valence-corrected chi connectivity index (χ2v) is 5.41. The van der Waals surface area contributed by atoms with Crippen LogP contribution in [0.1, 0.15) is 29.8 Å². The molecule has 0 aliphatic carbocycles. The summed E-state index contributed by atoms with van der Waals surface area (Å²) in [6, 6.07) is 2.46. The molecule has 1 aromatic carbocycles. The maximum atomic E-state index is 12.2. The van der Waals surface area contributed by atoms with E-state index in [-0.39, 0.29) is 29.3 Å². The molecule has 0 unspecified atom stereocenters. The zero-order valence-electron chi connectivity index (χ0n) is 11.8. The summed E-state index contributed by atoms with van der Waals surface area (Å²) in [7, 11) is 1.56. The van der Waals surface area contributed by atoms with Gasteiger partial charge in [-0.2, -0.15) is 0 Å². The van der Waals surface area contributed by atoms with E-state index in [1.54, 1.807) is 14.0 Å². The number of ether oxygens (including phenoxy) is 1. The van der Waals surface area contributed by atoms with Crippen molar-refractivity contribution in [1.82, 2.24) is 5.32 Å². The molecule has 110 valence electrons. The molecule has 2 atom stereocenters. The van der Waals surface area contributed by atoms with Crippen LogP contribution in [0.25, 0.3) is 0 Å². The lowest BCUT2D eigenvalue weighted by Gasteiger charge is -2.20. The number of nitrogens with one attached hydrogen (secondary N) is 1. The molecule has 0 aliphatic heterocycles. The van der Waals surface area contributed by atoms with Crippen molar-refractivity contribution in [1.29, 1.82) is 0 Å². The standard InChI is InChI=1S/C13H17BrN2O4/c1-7-11(5-10(16(18)19)6-12(7)14)13(17)15-8(2)9(3)20-4/h5-6,8-9H,1-4H3,(H,15,17)/t8-,9-/m0/s1. The smallest absolute Gasteiger partial charge is 0.271 e. The second-order valence-electron chi connectivity index (χ2n) is 4.56. The highest BCUT2D eigenvalue weighted by Gasteiger charge is 2.20. The Bertz CT molecular complexity index is 533. The van der Waals surface area contributed by atoms with Gasteiger partial charge in [-0.05, 0) is 26.3 Å². The van der Waals surface area contributed by atoms with Crippen LogP contribution in [0.2, 0.25) is 0 Å². The van der Waals surface area contributed by atoms with E-state index in [9.17, 15) is 14.9 Å². The second kappa shape index (κ2) is 6.81. The van der Waals surface area contributed by atoms with Crippen LogP contribution in [0.15, 0.2) is 16.6 Å². The topological polar surface area (TPSA) is 81.5 Å². The van der Waals surface area contributed by atoms with Crippen LogP contribution in [0.4, 0.5) is 5.69 Å². The lowest BCUT2D eigenvalue weighted by Crippen LogP contribution is -2.40. The van der Waals surface area contributed by atoms with Crippen molar-refractivity contribution in [3.63, 3.8) is 0 Å². The van der Waals surface area contributed by atoms with E-state index in [4.69, 9.17) is 4.74 Å². The summed E-state index contributed by atoms with van der Waals surface area (Å²) >= 11 is 3.23. The van der Waals surface area contributed by atoms with Gasteiger partial charge in [0.15, 0.2) is 0 Å². The summed E-state index contributed by atoms with van der Waals surface area (Å²) in [5, 5.41) is 13.6. The number of nitro benzene ring substituents is 1. The average Bonchev–Trinajstić information content (AvgIpc) is 2.39. The van der Waals surface area contributed by atoms with Gasteiger partial charge in [-0.25, -0.2) is 0 Å². The number of carbonyl (C=O) groups excluding carboxylic acids is 1. The predicted molar refractivity (Wildman–Crippen MR) is 78.9 cm³/mol. The van der Waals surface area contributed by atoms with E-state index in [1.165, 1.54) is 12.1 Å². The van der Waals surface area contributed by atoms with Gasteiger partial charge < -0.3 is 10.1 Å². The lowest BCUT2D eigenvalue weighted by molar-refractivity contribution is -0.385. The maximum absolute atomic E-state index is 12.2. The Kier molecular flexibility index (Phi) is 5.64. The van der Waals surface area contributed by atoms with Gasteiger partial charge in [-0.1, -0.05) is 15.9 Å². The summed E-state index contributed by atoms with van der Waals surface area (Å²) in [5.41, 5.74) is 0.812. The summed E-state index contributed by atoms with van der Waals surface area (Å²) < 4.78 is 5.66. The highest BCUT2D eigenvalue weighted by molar-refractivity contribution is 9.10. The first-order valence-corrected chi connectivity index (χ1v) is 6.85. The zero-order valence-corrected chi connectivity index (χ0v) is 13.4. The van der Waals surface area contributed by atoms with E-state index in [0.29, 0.717) is 10.0 Å². The van der Waals surface area contributed by atoms with Crippen LogP contribution < -0.4 is 5.32 Å². The van der Waals surface area contributed by atoms with Crippen molar-refractivity contribution in [2.45, 2.75) is 32.9 Å². The molecule has 0 radical (unpaired) electrons. The Hall–Kier alpha value is -1.47. The molecule has 7 heteroatoms. The third-order valence-corrected chi connectivity index (χ3v) is 4.04. The number of non-ortho nitro benzene ring substituents is 1. The molecule has 0 saturated carbocycles. The van der Waals surface area contributed by atoms with E-state index < -0.39 is 4.92 Å². The first-order valence-electron chi connectivity index (χ1n) is 6.06. The fourth-order valence-electron chi connectivity index (χ4n) is 1.61. The van der Waals surface area contributed by atoms with Crippen LogP contribution in [0.3, 0.4) is 0 Å². The Balaban J connectivity index is 3.06. The summed E-state index contributed by atoms with van der Waals surface area (Å²) in [5.74, 6) is -0.358. The lowest BCUT2D eigenvalue weighted by atomic mass is 10.1. The molecule has 1 N–H and O–H groups in total. The highest BCUT2D eigenvalue weighted by atomic mass is 79.9. The molecule has 0 spiro atoms. The van der Waals surface area contributed by atoms with E-state index >= 15 is 0 Å². The van der Waals surface area contributed by atoms with E-state index in [1.807, 2.05) is 13.8 Å². The van der Waals surface area contributed by atoms with E-state index in [0.717, 1.165) is 0 Å². The number of halogens is 1. The zero-order chi connectivity index (χ0) is 15.4. The minimum Gasteiger partial charge on any atom is -0.380 e. The molecule has 1 aromatic rings. The van der Waals surface area contributed by atoms with Crippen LogP contribution >= 0.6 is 15.9 Å². The molecule has 0 saturated heterocycles. The summed E-state index contributed by atoms with van der Waals surface area (Å²) in [6.45, 7) is 5.38. The van der Waals surface area contributed by atoms with Crippen LogP contribution in [0.5, 0.6) is 0 Å². The van der Waals surface area contributed by atoms with Crippen LogP contribution in [-0.2, 0) is 4.74 Å². The number of hydrogen-bond donors (Lipinski definition) is 1. The summed E-state index contributed by atoms with van der Waals surface area (Å²) in [6.07, 6.45) is -0.151. The minimum absolute atomic E-state index is 0.125. The first kappa shape index (κ1) is 16.6. The van der Waals surface area contributed by atoms with Gasteiger partial charge in [0.25, 0.3) is 11.6 Å². The largest absolute Gasteiger partial charge is 0.380 e. The third-order valence-electron chi connectivity index (χ3n) is 3.22. The number of carbonyl (C=O) groups is 1. The minimum atomic E-state index is -0.526. The van der Waals surface area contributed by atoms with Gasteiger partial charge in [-0.15, -0.1) is 0 Å². The molecular formula is C13H17BrN2O4. The number of rotatable bonds is 5. The van der Waals surface area contributed by atoms with Crippen molar-refractivity contribution in [3.8, 4) is 0 Å². The number of amides is 1. The average molecular weight is 345 g/mol. The molecule has 0 fully saturated rings. The molecule has 20 heavy (non-hydrogen) atoms. The Morgan fingerprint density at radius 1 is 1.45 bits per heavy atom. The number of nitrogens with zero attached hydrogens (tertiary/aromatic N) is 1. The maximum Gasteiger partial charge on any atom is 0.271 e. The van der Waals surface area contributed by atoms with Crippen LogP contribution in [-0.4, -0.2) is 30.1 Å². The molecule has 0 aromatic heterocycles. The number of nitro groups is 1. The van der Waals surface area contributed by atoms with Gasteiger partial charge in [0.2, 0.25) is 0 Å². The quantitative estimate of drug-likeness (QED) is 0.657. The predicted octanol–water partition coefficient (Wildman–Crippen LogP) is 2.82. The number of methoxy groups -OCH3 is 1. The number of hydrogen-bond acceptors (Lipinski definition) is 4.